The molecule has 4 heteroatoms. The maximum atomic E-state index is 11.8. The van der Waals surface area contributed by atoms with E-state index in [1.54, 1.807) is 6.20 Å². The van der Waals surface area contributed by atoms with E-state index < -0.39 is 0 Å². The van der Waals surface area contributed by atoms with E-state index in [-0.39, 0.29) is 12.1 Å². The lowest BCUT2D eigenvalue weighted by Crippen LogP contribution is -2.43. The molecule has 0 aromatic carbocycles. The minimum Gasteiger partial charge on any atom is -0.335 e. The standard InChI is InChI=1S/C14H21N3O/c1-11(13-9-5-6-10-15-13)16-14(18)17-12-7-3-2-4-8-12/h5-6,9-12H,2-4,7-8H2,1H3,(H2,16,17,18)/t11-/m1/s1. The summed E-state index contributed by atoms with van der Waals surface area (Å²) >= 11 is 0. The van der Waals surface area contributed by atoms with Crippen LogP contribution >= 0.6 is 0 Å². The second kappa shape index (κ2) is 6.38. The van der Waals surface area contributed by atoms with Gasteiger partial charge in [-0.15, -0.1) is 0 Å². The molecule has 1 aliphatic rings. The van der Waals surface area contributed by atoms with Crippen LogP contribution in [0.3, 0.4) is 0 Å². The number of carbonyl (C=O) groups is 1. The highest BCUT2D eigenvalue weighted by Crippen LogP contribution is 2.17. The van der Waals surface area contributed by atoms with Crippen molar-refractivity contribution >= 4 is 6.03 Å². The van der Waals surface area contributed by atoms with Crippen molar-refractivity contribution in [3.63, 3.8) is 0 Å². The molecular weight excluding hydrogens is 226 g/mol. The van der Waals surface area contributed by atoms with Crippen LogP contribution in [0.25, 0.3) is 0 Å². The molecular formula is C14H21N3O. The van der Waals surface area contributed by atoms with Crippen LogP contribution in [0.2, 0.25) is 0 Å². The molecule has 0 spiro atoms. The average molecular weight is 247 g/mol. The molecule has 1 fully saturated rings. The molecule has 18 heavy (non-hydrogen) atoms. The first-order valence-electron chi connectivity index (χ1n) is 6.73. The fraction of sp³-hybridized carbons (Fsp3) is 0.571. The summed E-state index contributed by atoms with van der Waals surface area (Å²) in [5.74, 6) is 0. The summed E-state index contributed by atoms with van der Waals surface area (Å²) in [6.07, 6.45) is 7.69. The number of urea groups is 1. The van der Waals surface area contributed by atoms with Gasteiger partial charge in [0.25, 0.3) is 0 Å². The van der Waals surface area contributed by atoms with E-state index in [1.165, 1.54) is 19.3 Å². The Labute approximate surface area is 108 Å². The fourth-order valence-electron chi connectivity index (χ4n) is 2.38. The number of amides is 2. The third kappa shape index (κ3) is 3.72. The Kier molecular flexibility index (Phi) is 4.56. The molecule has 1 aliphatic carbocycles. The van der Waals surface area contributed by atoms with Gasteiger partial charge in [0.15, 0.2) is 0 Å². The zero-order valence-corrected chi connectivity index (χ0v) is 10.9. The first kappa shape index (κ1) is 12.9. The number of carbonyl (C=O) groups excluding carboxylic acids is 1. The van der Waals surface area contributed by atoms with E-state index in [2.05, 4.69) is 15.6 Å². The van der Waals surface area contributed by atoms with Crippen molar-refractivity contribution in [2.75, 3.05) is 0 Å². The van der Waals surface area contributed by atoms with E-state index in [0.29, 0.717) is 6.04 Å². The highest BCUT2D eigenvalue weighted by molar-refractivity contribution is 5.74. The minimum atomic E-state index is -0.0833. The Balaban J connectivity index is 1.80. The SMILES string of the molecule is C[C@@H](NC(=O)NC1CCCCC1)c1ccccn1. The summed E-state index contributed by atoms with van der Waals surface area (Å²) in [6.45, 7) is 1.95. The summed E-state index contributed by atoms with van der Waals surface area (Å²) in [4.78, 5) is 16.1. The zero-order valence-electron chi connectivity index (χ0n) is 10.9. The summed E-state index contributed by atoms with van der Waals surface area (Å²) in [7, 11) is 0. The predicted molar refractivity (Wildman–Crippen MR) is 71.2 cm³/mol. The second-order valence-corrected chi connectivity index (χ2v) is 4.93. The molecule has 4 nitrogen and oxygen atoms in total. The maximum absolute atomic E-state index is 11.8. The van der Waals surface area contributed by atoms with Crippen molar-refractivity contribution in [2.24, 2.45) is 0 Å². The average Bonchev–Trinajstić information content (AvgIpc) is 2.40. The van der Waals surface area contributed by atoms with Gasteiger partial charge in [-0.05, 0) is 31.9 Å². The molecule has 0 saturated heterocycles. The lowest BCUT2D eigenvalue weighted by Gasteiger charge is -2.24. The minimum absolute atomic E-state index is 0.0604. The van der Waals surface area contributed by atoms with E-state index in [9.17, 15) is 4.79 Å². The van der Waals surface area contributed by atoms with Crippen LogP contribution in [0.15, 0.2) is 24.4 Å². The van der Waals surface area contributed by atoms with Gasteiger partial charge >= 0.3 is 6.03 Å². The summed E-state index contributed by atoms with van der Waals surface area (Å²) in [6, 6.07) is 5.92. The van der Waals surface area contributed by atoms with E-state index in [1.807, 2.05) is 25.1 Å². The van der Waals surface area contributed by atoms with Crippen molar-refractivity contribution in [2.45, 2.75) is 51.1 Å². The van der Waals surface area contributed by atoms with Crippen LogP contribution in [0, 0.1) is 0 Å². The van der Waals surface area contributed by atoms with Gasteiger partial charge < -0.3 is 10.6 Å². The molecule has 0 radical (unpaired) electrons. The lowest BCUT2D eigenvalue weighted by atomic mass is 9.96. The third-order valence-corrected chi connectivity index (χ3v) is 3.42. The van der Waals surface area contributed by atoms with Gasteiger partial charge in [0.2, 0.25) is 0 Å². The van der Waals surface area contributed by atoms with Gasteiger partial charge in [0, 0.05) is 12.2 Å². The molecule has 0 unspecified atom stereocenters. The van der Waals surface area contributed by atoms with E-state index in [4.69, 9.17) is 0 Å². The number of hydrogen-bond donors (Lipinski definition) is 2. The first-order valence-corrected chi connectivity index (χ1v) is 6.73. The van der Waals surface area contributed by atoms with Crippen molar-refractivity contribution in [1.29, 1.82) is 0 Å². The summed E-state index contributed by atoms with van der Waals surface area (Å²) in [5.41, 5.74) is 0.885. The maximum Gasteiger partial charge on any atom is 0.315 e. The summed E-state index contributed by atoms with van der Waals surface area (Å²) in [5, 5.41) is 5.97. The number of hydrogen-bond acceptors (Lipinski definition) is 2. The Hall–Kier alpha value is -1.58. The van der Waals surface area contributed by atoms with Crippen LogP contribution < -0.4 is 10.6 Å². The molecule has 98 valence electrons. The van der Waals surface area contributed by atoms with Crippen LogP contribution in [-0.2, 0) is 0 Å². The smallest absolute Gasteiger partial charge is 0.315 e. The van der Waals surface area contributed by atoms with Gasteiger partial charge in [-0.25, -0.2) is 4.79 Å². The Morgan fingerprint density at radius 3 is 2.78 bits per heavy atom. The monoisotopic (exact) mass is 247 g/mol. The van der Waals surface area contributed by atoms with Crippen molar-refractivity contribution in [3.8, 4) is 0 Å². The molecule has 2 N–H and O–H groups in total. The van der Waals surface area contributed by atoms with Crippen LogP contribution in [-0.4, -0.2) is 17.1 Å². The van der Waals surface area contributed by atoms with Gasteiger partial charge in [0.1, 0.15) is 0 Å². The third-order valence-electron chi connectivity index (χ3n) is 3.42. The first-order chi connectivity index (χ1) is 8.75. The largest absolute Gasteiger partial charge is 0.335 e. The number of pyridine rings is 1. The van der Waals surface area contributed by atoms with Crippen molar-refractivity contribution < 1.29 is 4.79 Å². The van der Waals surface area contributed by atoms with E-state index >= 15 is 0 Å². The number of nitrogens with zero attached hydrogens (tertiary/aromatic N) is 1. The molecule has 0 aliphatic heterocycles. The van der Waals surface area contributed by atoms with Crippen LogP contribution in [0.5, 0.6) is 0 Å². The molecule has 1 heterocycles. The Morgan fingerprint density at radius 2 is 2.11 bits per heavy atom. The predicted octanol–water partition coefficient (Wildman–Crippen LogP) is 2.77. The van der Waals surface area contributed by atoms with E-state index in [0.717, 1.165) is 18.5 Å². The highest BCUT2D eigenvalue weighted by atomic mass is 16.2. The molecule has 1 aromatic heterocycles. The molecule has 2 amide bonds. The van der Waals surface area contributed by atoms with Gasteiger partial charge in [-0.3, -0.25) is 4.98 Å². The molecule has 1 atom stereocenters. The highest BCUT2D eigenvalue weighted by Gasteiger charge is 2.17. The molecule has 1 saturated carbocycles. The topological polar surface area (TPSA) is 54.0 Å². The zero-order chi connectivity index (χ0) is 12.8. The number of rotatable bonds is 3. The van der Waals surface area contributed by atoms with Crippen LogP contribution in [0.1, 0.15) is 50.8 Å². The van der Waals surface area contributed by atoms with Crippen LogP contribution in [0.4, 0.5) is 4.79 Å². The van der Waals surface area contributed by atoms with Gasteiger partial charge in [0.05, 0.1) is 11.7 Å². The molecule has 2 rings (SSSR count). The van der Waals surface area contributed by atoms with Gasteiger partial charge in [-0.2, -0.15) is 0 Å². The molecule has 0 bridgehead atoms. The quantitative estimate of drug-likeness (QED) is 0.863. The Morgan fingerprint density at radius 1 is 1.33 bits per heavy atom. The fourth-order valence-corrected chi connectivity index (χ4v) is 2.38. The normalized spacial score (nSPS) is 18.1. The van der Waals surface area contributed by atoms with Crippen molar-refractivity contribution in [3.05, 3.63) is 30.1 Å². The number of nitrogens with one attached hydrogen (secondary N) is 2. The lowest BCUT2D eigenvalue weighted by molar-refractivity contribution is 0.229. The summed E-state index contributed by atoms with van der Waals surface area (Å²) < 4.78 is 0. The Bertz CT molecular complexity index is 374. The van der Waals surface area contributed by atoms with Crippen molar-refractivity contribution in [1.82, 2.24) is 15.6 Å². The number of aromatic nitrogens is 1. The second-order valence-electron chi connectivity index (χ2n) is 4.93. The van der Waals surface area contributed by atoms with Gasteiger partial charge in [-0.1, -0.05) is 25.3 Å². The molecule has 1 aromatic rings.